The van der Waals surface area contributed by atoms with Gasteiger partial charge in [0.25, 0.3) is 0 Å². The highest BCUT2D eigenvalue weighted by atomic mass is 16.6. The summed E-state index contributed by atoms with van der Waals surface area (Å²) in [7, 11) is 0. The van der Waals surface area contributed by atoms with E-state index in [0.29, 0.717) is 13.0 Å². The van der Waals surface area contributed by atoms with Crippen LogP contribution >= 0.6 is 0 Å². The number of benzene rings is 1. The van der Waals surface area contributed by atoms with E-state index in [4.69, 9.17) is 14.2 Å². The van der Waals surface area contributed by atoms with E-state index in [9.17, 15) is 5.11 Å². The molecule has 0 heterocycles. The highest BCUT2D eigenvalue weighted by Crippen LogP contribution is 2.30. The van der Waals surface area contributed by atoms with Crippen LogP contribution in [0.2, 0.25) is 0 Å². The molecule has 1 N–H and O–H groups in total. The lowest BCUT2D eigenvalue weighted by atomic mass is 9.88. The van der Waals surface area contributed by atoms with Crippen LogP contribution < -0.4 is 9.47 Å². The summed E-state index contributed by atoms with van der Waals surface area (Å²) in [6.07, 6.45) is 1.90. The fourth-order valence-electron chi connectivity index (χ4n) is 2.15. The lowest BCUT2D eigenvalue weighted by molar-refractivity contribution is -0.162. The molecule has 0 aromatic heterocycles. The summed E-state index contributed by atoms with van der Waals surface area (Å²) in [4.78, 5) is 0. The van der Waals surface area contributed by atoms with Gasteiger partial charge in [-0.3, -0.25) is 0 Å². The molecule has 1 fully saturated rings. The number of rotatable bonds is 8. The van der Waals surface area contributed by atoms with Crippen molar-refractivity contribution in [3.05, 3.63) is 24.3 Å². The minimum absolute atomic E-state index is 0.0565. The maximum absolute atomic E-state index is 9.70. The molecule has 20 heavy (non-hydrogen) atoms. The Labute approximate surface area is 120 Å². The lowest BCUT2D eigenvalue weighted by Gasteiger charge is -2.40. The molecular weight excluding hydrogens is 256 g/mol. The largest absolute Gasteiger partial charge is 0.494 e. The fraction of sp³-hybridized carbons (Fsp3) is 0.625. The van der Waals surface area contributed by atoms with Gasteiger partial charge in [-0.2, -0.15) is 0 Å². The average molecular weight is 280 g/mol. The number of aliphatic hydroxyl groups is 1. The summed E-state index contributed by atoms with van der Waals surface area (Å²) in [5, 5.41) is 9.70. The minimum Gasteiger partial charge on any atom is -0.494 e. The molecule has 0 amide bonds. The van der Waals surface area contributed by atoms with Crippen molar-refractivity contribution in [1.82, 2.24) is 0 Å². The molecule has 2 rings (SSSR count). The Morgan fingerprint density at radius 1 is 1.05 bits per heavy atom. The van der Waals surface area contributed by atoms with Crippen molar-refractivity contribution < 1.29 is 19.3 Å². The molecule has 0 bridgehead atoms. The maximum Gasteiger partial charge on any atom is 0.130 e. The molecule has 1 aliphatic rings. The van der Waals surface area contributed by atoms with Gasteiger partial charge in [-0.1, -0.05) is 13.8 Å². The van der Waals surface area contributed by atoms with E-state index < -0.39 is 6.10 Å². The number of hydrogen-bond acceptors (Lipinski definition) is 4. The van der Waals surface area contributed by atoms with E-state index in [0.717, 1.165) is 30.9 Å². The molecule has 0 saturated heterocycles. The first kappa shape index (κ1) is 15.1. The Bertz CT molecular complexity index is 390. The van der Waals surface area contributed by atoms with Gasteiger partial charge >= 0.3 is 0 Å². The zero-order valence-electron chi connectivity index (χ0n) is 12.2. The van der Waals surface area contributed by atoms with Gasteiger partial charge in [0.1, 0.15) is 23.7 Å². The molecule has 0 aliphatic heterocycles. The molecule has 4 heteroatoms. The Morgan fingerprint density at radius 2 is 1.70 bits per heavy atom. The molecule has 0 spiro atoms. The van der Waals surface area contributed by atoms with Gasteiger partial charge in [0.05, 0.1) is 12.7 Å². The van der Waals surface area contributed by atoms with E-state index in [2.05, 4.69) is 13.8 Å². The maximum atomic E-state index is 9.70. The molecule has 4 nitrogen and oxygen atoms in total. The van der Waals surface area contributed by atoms with Gasteiger partial charge in [-0.05, 0) is 37.1 Å². The van der Waals surface area contributed by atoms with E-state index in [1.54, 1.807) is 0 Å². The fourth-order valence-corrected chi connectivity index (χ4v) is 2.15. The topological polar surface area (TPSA) is 47.9 Å². The summed E-state index contributed by atoms with van der Waals surface area (Å²) in [6.45, 7) is 5.51. The van der Waals surface area contributed by atoms with Crippen LogP contribution in [0.25, 0.3) is 0 Å². The summed E-state index contributed by atoms with van der Waals surface area (Å²) in [6, 6.07) is 7.60. The van der Waals surface area contributed by atoms with Crippen molar-refractivity contribution >= 4 is 0 Å². The number of hydrogen-bond donors (Lipinski definition) is 1. The van der Waals surface area contributed by atoms with Crippen LogP contribution in [0.15, 0.2) is 24.3 Å². The second kappa shape index (κ2) is 7.50. The third-order valence-electron chi connectivity index (χ3n) is 3.32. The smallest absolute Gasteiger partial charge is 0.130 e. The normalized spacial score (nSPS) is 25.1. The average Bonchev–Trinajstić information content (AvgIpc) is 2.46. The molecular formula is C16H24O4. The Balaban J connectivity index is 1.83. The second-order valence-corrected chi connectivity index (χ2v) is 5.11. The monoisotopic (exact) mass is 280 g/mol. The Kier molecular flexibility index (Phi) is 5.68. The Morgan fingerprint density at radius 3 is 2.30 bits per heavy atom. The molecule has 3 atom stereocenters. The van der Waals surface area contributed by atoms with Crippen molar-refractivity contribution in [2.75, 3.05) is 13.2 Å². The van der Waals surface area contributed by atoms with Gasteiger partial charge in [0.2, 0.25) is 0 Å². The predicted molar refractivity (Wildman–Crippen MR) is 77.3 cm³/mol. The molecule has 1 aromatic rings. The van der Waals surface area contributed by atoms with Crippen LogP contribution in [0.5, 0.6) is 11.5 Å². The van der Waals surface area contributed by atoms with Crippen LogP contribution in [-0.4, -0.2) is 36.6 Å². The highest BCUT2D eigenvalue weighted by molar-refractivity contribution is 5.31. The van der Waals surface area contributed by atoms with Crippen LogP contribution in [0.3, 0.4) is 0 Å². The molecule has 0 radical (unpaired) electrons. The molecule has 1 saturated carbocycles. The van der Waals surface area contributed by atoms with Crippen molar-refractivity contribution in [3.8, 4) is 11.5 Å². The highest BCUT2D eigenvalue weighted by Gasteiger charge is 2.42. The lowest BCUT2D eigenvalue weighted by Crippen LogP contribution is -2.55. The summed E-state index contributed by atoms with van der Waals surface area (Å²) in [5.41, 5.74) is 0. The number of aliphatic hydroxyl groups excluding tert-OH is 1. The van der Waals surface area contributed by atoms with E-state index >= 15 is 0 Å². The van der Waals surface area contributed by atoms with Crippen molar-refractivity contribution in [2.24, 2.45) is 0 Å². The molecule has 1 aliphatic carbocycles. The number of ether oxygens (including phenoxy) is 3. The van der Waals surface area contributed by atoms with Gasteiger partial charge in [-0.25, -0.2) is 0 Å². The standard InChI is InChI=1S/C16H24O4/c1-3-9-18-12-5-7-13(8-6-12)20-15-11-14(17)16(15)19-10-4-2/h5-8,14-17H,3-4,9-11H2,1-2H3. The van der Waals surface area contributed by atoms with Gasteiger partial charge in [0, 0.05) is 13.0 Å². The SMILES string of the molecule is CCCOc1ccc(OC2CC(O)C2OCCC)cc1. The van der Waals surface area contributed by atoms with Gasteiger partial charge in [-0.15, -0.1) is 0 Å². The predicted octanol–water partition coefficient (Wildman–Crippen LogP) is 2.78. The third kappa shape index (κ3) is 3.87. The van der Waals surface area contributed by atoms with Crippen LogP contribution in [0.1, 0.15) is 33.1 Å². The first-order chi connectivity index (χ1) is 9.74. The summed E-state index contributed by atoms with van der Waals surface area (Å²) >= 11 is 0. The second-order valence-electron chi connectivity index (χ2n) is 5.11. The molecule has 112 valence electrons. The van der Waals surface area contributed by atoms with Crippen molar-refractivity contribution in [2.45, 2.75) is 51.4 Å². The first-order valence-electron chi connectivity index (χ1n) is 7.43. The van der Waals surface area contributed by atoms with E-state index in [1.165, 1.54) is 0 Å². The Hall–Kier alpha value is -1.26. The molecule has 3 unspecified atom stereocenters. The summed E-state index contributed by atoms with van der Waals surface area (Å²) < 4.78 is 17.0. The van der Waals surface area contributed by atoms with E-state index in [1.807, 2.05) is 24.3 Å². The molecule has 1 aromatic carbocycles. The third-order valence-corrected chi connectivity index (χ3v) is 3.32. The first-order valence-corrected chi connectivity index (χ1v) is 7.43. The van der Waals surface area contributed by atoms with Crippen LogP contribution in [0, 0.1) is 0 Å². The van der Waals surface area contributed by atoms with Crippen molar-refractivity contribution in [3.63, 3.8) is 0 Å². The quantitative estimate of drug-likeness (QED) is 0.795. The zero-order chi connectivity index (χ0) is 14.4. The van der Waals surface area contributed by atoms with Crippen LogP contribution in [-0.2, 0) is 4.74 Å². The van der Waals surface area contributed by atoms with Gasteiger partial charge in [0.15, 0.2) is 0 Å². The minimum atomic E-state index is -0.404. The zero-order valence-corrected chi connectivity index (χ0v) is 12.2. The van der Waals surface area contributed by atoms with E-state index in [-0.39, 0.29) is 12.2 Å². The van der Waals surface area contributed by atoms with Crippen molar-refractivity contribution in [1.29, 1.82) is 0 Å². The summed E-state index contributed by atoms with van der Waals surface area (Å²) in [5.74, 6) is 1.64. The van der Waals surface area contributed by atoms with Crippen LogP contribution in [0.4, 0.5) is 0 Å². The van der Waals surface area contributed by atoms with Gasteiger partial charge < -0.3 is 19.3 Å².